The maximum atomic E-state index is 4.99. The summed E-state index contributed by atoms with van der Waals surface area (Å²) in [5.74, 6) is 3.72. The number of hydrogen-bond donors (Lipinski definition) is 0. The predicted molar refractivity (Wildman–Crippen MR) is 105 cm³/mol. The Morgan fingerprint density at radius 1 is 1.12 bits per heavy atom. The van der Waals surface area contributed by atoms with Gasteiger partial charge in [-0.2, -0.15) is 0 Å². The van der Waals surface area contributed by atoms with E-state index >= 15 is 0 Å². The Bertz CT molecular complexity index is 894. The van der Waals surface area contributed by atoms with Crippen LogP contribution in [0.2, 0.25) is 0 Å². The summed E-state index contributed by atoms with van der Waals surface area (Å²) in [6.07, 6.45) is 6.22. The SMILES string of the molecule is CC1CCN(c2nc3ccccc3nc2N(C)Cc2nccn2C)CC1. The minimum atomic E-state index is 0.702. The van der Waals surface area contributed by atoms with Crippen LogP contribution >= 0.6 is 0 Å². The smallest absolute Gasteiger partial charge is 0.172 e. The van der Waals surface area contributed by atoms with Crippen LogP contribution in [-0.2, 0) is 13.6 Å². The Morgan fingerprint density at radius 2 is 1.81 bits per heavy atom. The van der Waals surface area contributed by atoms with Gasteiger partial charge in [0.1, 0.15) is 5.82 Å². The van der Waals surface area contributed by atoms with Crippen molar-refractivity contribution in [3.63, 3.8) is 0 Å². The lowest BCUT2D eigenvalue weighted by Gasteiger charge is -2.33. The number of rotatable bonds is 4. The third-order valence-corrected chi connectivity index (χ3v) is 5.28. The van der Waals surface area contributed by atoms with Crippen molar-refractivity contribution in [2.24, 2.45) is 13.0 Å². The number of anilines is 2. The number of hydrogen-bond acceptors (Lipinski definition) is 5. The second-order valence-corrected chi connectivity index (χ2v) is 7.34. The number of piperidine rings is 1. The molecule has 3 heterocycles. The quantitative estimate of drug-likeness (QED) is 0.723. The number of para-hydroxylation sites is 2. The van der Waals surface area contributed by atoms with Crippen LogP contribution in [0.3, 0.4) is 0 Å². The molecule has 1 aliphatic heterocycles. The molecule has 1 aliphatic rings. The fraction of sp³-hybridized carbons (Fsp3) is 0.450. The molecule has 3 aromatic rings. The third-order valence-electron chi connectivity index (χ3n) is 5.28. The summed E-state index contributed by atoms with van der Waals surface area (Å²) in [7, 11) is 4.10. The molecule has 26 heavy (non-hydrogen) atoms. The highest BCUT2D eigenvalue weighted by Crippen LogP contribution is 2.31. The molecule has 6 nitrogen and oxygen atoms in total. The lowest BCUT2D eigenvalue weighted by atomic mass is 9.99. The van der Waals surface area contributed by atoms with Crippen molar-refractivity contribution in [2.45, 2.75) is 26.3 Å². The van der Waals surface area contributed by atoms with E-state index in [1.807, 2.05) is 48.3 Å². The Morgan fingerprint density at radius 3 is 2.46 bits per heavy atom. The predicted octanol–water partition coefficient (Wildman–Crippen LogP) is 3.24. The molecule has 136 valence electrons. The van der Waals surface area contributed by atoms with E-state index in [1.165, 1.54) is 12.8 Å². The van der Waals surface area contributed by atoms with Crippen LogP contribution in [-0.4, -0.2) is 39.7 Å². The molecular formula is C20H26N6. The molecule has 0 atom stereocenters. The molecule has 1 aromatic carbocycles. The first-order valence-corrected chi connectivity index (χ1v) is 9.31. The molecule has 0 unspecified atom stereocenters. The van der Waals surface area contributed by atoms with Crippen molar-refractivity contribution in [3.8, 4) is 0 Å². The molecule has 1 fully saturated rings. The summed E-state index contributed by atoms with van der Waals surface area (Å²) in [4.78, 5) is 19.0. The Balaban J connectivity index is 1.73. The number of aryl methyl sites for hydroxylation is 1. The summed E-state index contributed by atoms with van der Waals surface area (Å²) >= 11 is 0. The van der Waals surface area contributed by atoms with Crippen LogP contribution in [0.1, 0.15) is 25.6 Å². The zero-order valence-electron chi connectivity index (χ0n) is 15.8. The summed E-state index contributed by atoms with van der Waals surface area (Å²) in [5, 5.41) is 0. The van der Waals surface area contributed by atoms with Crippen LogP contribution < -0.4 is 9.80 Å². The van der Waals surface area contributed by atoms with E-state index in [0.717, 1.165) is 47.5 Å². The molecule has 0 spiro atoms. The molecule has 0 N–H and O–H groups in total. The van der Waals surface area contributed by atoms with Gasteiger partial charge in [0.05, 0.1) is 17.6 Å². The first-order valence-electron chi connectivity index (χ1n) is 9.31. The molecule has 0 bridgehead atoms. The third kappa shape index (κ3) is 3.23. The Labute approximate surface area is 154 Å². The van der Waals surface area contributed by atoms with Crippen molar-refractivity contribution >= 4 is 22.7 Å². The number of aromatic nitrogens is 4. The molecule has 6 heteroatoms. The Hall–Kier alpha value is -2.63. The van der Waals surface area contributed by atoms with Gasteiger partial charge in [-0.05, 0) is 30.9 Å². The molecule has 0 amide bonds. The van der Waals surface area contributed by atoms with Gasteiger partial charge in [-0.1, -0.05) is 19.1 Å². The summed E-state index contributed by atoms with van der Waals surface area (Å²) in [6, 6.07) is 8.11. The van der Waals surface area contributed by atoms with Gasteiger partial charge in [0.2, 0.25) is 0 Å². The lowest BCUT2D eigenvalue weighted by molar-refractivity contribution is 0.436. The van der Waals surface area contributed by atoms with Crippen molar-refractivity contribution in [1.29, 1.82) is 0 Å². The van der Waals surface area contributed by atoms with Crippen LogP contribution in [0.15, 0.2) is 36.7 Å². The van der Waals surface area contributed by atoms with Gasteiger partial charge in [0, 0.05) is 39.6 Å². The second-order valence-electron chi connectivity index (χ2n) is 7.34. The van der Waals surface area contributed by atoms with Crippen LogP contribution in [0, 0.1) is 5.92 Å². The minimum Gasteiger partial charge on any atom is -0.354 e. The highest BCUT2D eigenvalue weighted by molar-refractivity contribution is 5.80. The molecular weight excluding hydrogens is 324 g/mol. The van der Waals surface area contributed by atoms with Crippen LogP contribution in [0.25, 0.3) is 11.0 Å². The molecule has 2 aromatic heterocycles. The maximum Gasteiger partial charge on any atom is 0.172 e. The van der Waals surface area contributed by atoms with Gasteiger partial charge < -0.3 is 14.4 Å². The molecule has 1 saturated heterocycles. The van der Waals surface area contributed by atoms with Crippen molar-refractivity contribution in [2.75, 3.05) is 29.9 Å². The highest BCUT2D eigenvalue weighted by atomic mass is 15.3. The number of fused-ring (bicyclic) bond motifs is 1. The largest absolute Gasteiger partial charge is 0.354 e. The second kappa shape index (κ2) is 6.94. The summed E-state index contributed by atoms with van der Waals surface area (Å²) in [6.45, 7) is 5.11. The molecule has 0 radical (unpaired) electrons. The zero-order valence-corrected chi connectivity index (χ0v) is 15.8. The van der Waals surface area contributed by atoms with E-state index < -0.39 is 0 Å². The fourth-order valence-corrected chi connectivity index (χ4v) is 3.51. The standard InChI is InChI=1S/C20H26N6/c1-15-8-11-26(12-9-15)20-19(22-16-6-4-5-7-17(16)23-20)25(3)14-18-21-10-13-24(18)2/h4-7,10,13,15H,8-9,11-12,14H2,1-3H3. The van der Waals surface area contributed by atoms with Crippen molar-refractivity contribution in [3.05, 3.63) is 42.5 Å². The van der Waals surface area contributed by atoms with Gasteiger partial charge in [-0.3, -0.25) is 0 Å². The van der Waals surface area contributed by atoms with E-state index in [-0.39, 0.29) is 0 Å². The number of benzene rings is 1. The first-order chi connectivity index (χ1) is 12.6. The number of nitrogens with zero attached hydrogens (tertiary/aromatic N) is 6. The topological polar surface area (TPSA) is 50.1 Å². The van der Waals surface area contributed by atoms with Crippen LogP contribution in [0.5, 0.6) is 0 Å². The Kier molecular flexibility index (Phi) is 4.49. The molecule has 4 rings (SSSR count). The molecule has 0 saturated carbocycles. The normalized spacial score (nSPS) is 15.6. The van der Waals surface area contributed by atoms with Crippen molar-refractivity contribution in [1.82, 2.24) is 19.5 Å². The summed E-state index contributed by atoms with van der Waals surface area (Å²) < 4.78 is 2.05. The molecule has 0 aliphatic carbocycles. The highest BCUT2D eigenvalue weighted by Gasteiger charge is 2.23. The zero-order chi connectivity index (χ0) is 18.1. The lowest BCUT2D eigenvalue weighted by Crippen LogP contribution is -2.35. The van der Waals surface area contributed by atoms with E-state index in [4.69, 9.17) is 9.97 Å². The number of imidazole rings is 1. The van der Waals surface area contributed by atoms with Crippen LogP contribution in [0.4, 0.5) is 11.6 Å². The first kappa shape index (κ1) is 16.8. The monoisotopic (exact) mass is 350 g/mol. The van der Waals surface area contributed by atoms with Gasteiger partial charge in [0.15, 0.2) is 11.6 Å². The van der Waals surface area contributed by atoms with Gasteiger partial charge in [0.25, 0.3) is 0 Å². The van der Waals surface area contributed by atoms with E-state index in [2.05, 4.69) is 28.8 Å². The average molecular weight is 350 g/mol. The van der Waals surface area contributed by atoms with E-state index in [0.29, 0.717) is 6.54 Å². The minimum absolute atomic E-state index is 0.702. The van der Waals surface area contributed by atoms with Crippen molar-refractivity contribution < 1.29 is 0 Å². The maximum absolute atomic E-state index is 4.99. The van der Waals surface area contributed by atoms with Gasteiger partial charge >= 0.3 is 0 Å². The average Bonchev–Trinajstić information content (AvgIpc) is 3.06. The van der Waals surface area contributed by atoms with E-state index in [9.17, 15) is 0 Å². The van der Waals surface area contributed by atoms with Gasteiger partial charge in [-0.15, -0.1) is 0 Å². The summed E-state index contributed by atoms with van der Waals surface area (Å²) in [5.41, 5.74) is 1.89. The van der Waals surface area contributed by atoms with Gasteiger partial charge in [-0.25, -0.2) is 15.0 Å². The van der Waals surface area contributed by atoms with E-state index in [1.54, 1.807) is 0 Å². The fourth-order valence-electron chi connectivity index (χ4n) is 3.51.